The Morgan fingerprint density at radius 2 is 1.65 bits per heavy atom. The summed E-state index contributed by atoms with van der Waals surface area (Å²) in [5.41, 5.74) is 2.84. The van der Waals surface area contributed by atoms with Crippen LogP contribution >= 0.6 is 11.6 Å². The lowest BCUT2D eigenvalue weighted by molar-refractivity contribution is 0.0462. The fraction of sp³-hybridized carbons (Fsp3) is 0.0833. The second-order valence-electron chi connectivity index (χ2n) is 6.83. The van der Waals surface area contributed by atoms with Crippen LogP contribution in [0.25, 0.3) is 17.1 Å². The van der Waals surface area contributed by atoms with Crippen molar-refractivity contribution in [3.63, 3.8) is 0 Å². The van der Waals surface area contributed by atoms with E-state index in [1.807, 2.05) is 49.4 Å². The van der Waals surface area contributed by atoms with E-state index in [9.17, 15) is 9.59 Å². The summed E-state index contributed by atoms with van der Waals surface area (Å²) in [6.45, 7) is 1.52. The van der Waals surface area contributed by atoms with Gasteiger partial charge in [-0.05, 0) is 24.6 Å². The molecule has 0 aliphatic carbocycles. The Morgan fingerprint density at radius 1 is 0.968 bits per heavy atom. The summed E-state index contributed by atoms with van der Waals surface area (Å²) < 4.78 is 6.75. The van der Waals surface area contributed by atoms with Gasteiger partial charge in [0.1, 0.15) is 0 Å². The predicted molar refractivity (Wildman–Crippen MR) is 118 cm³/mol. The summed E-state index contributed by atoms with van der Waals surface area (Å²) in [7, 11) is 0. The van der Waals surface area contributed by atoms with Gasteiger partial charge in [-0.25, -0.2) is 14.5 Å². The number of carbonyl (C=O) groups is 2. The third-order valence-corrected chi connectivity index (χ3v) is 4.89. The fourth-order valence-corrected chi connectivity index (χ4v) is 3.22. The number of nitrogens with zero attached hydrogens (tertiary/aromatic N) is 3. The van der Waals surface area contributed by atoms with Crippen LogP contribution in [0.15, 0.2) is 78.9 Å². The first-order valence-corrected chi connectivity index (χ1v) is 9.95. The zero-order valence-electron chi connectivity index (χ0n) is 16.7. The number of Topliss-reactive ketones (excluding diaryl/α,β-unsaturated/α-hetero) is 1. The maximum absolute atomic E-state index is 12.6. The monoisotopic (exact) mass is 431 g/mol. The number of rotatable bonds is 6. The van der Waals surface area contributed by atoms with Gasteiger partial charge in [0.05, 0.1) is 5.69 Å². The van der Waals surface area contributed by atoms with Gasteiger partial charge in [-0.2, -0.15) is 0 Å². The number of aromatic nitrogens is 3. The van der Waals surface area contributed by atoms with E-state index in [0.29, 0.717) is 22.1 Å². The maximum Gasteiger partial charge on any atom is 0.378 e. The molecule has 31 heavy (non-hydrogen) atoms. The Bertz CT molecular complexity index is 1240. The molecule has 0 fully saturated rings. The summed E-state index contributed by atoms with van der Waals surface area (Å²) in [4.78, 5) is 29.3. The molecule has 0 N–H and O–H groups in total. The lowest BCUT2D eigenvalue weighted by atomic mass is 10.1. The first-order chi connectivity index (χ1) is 15.0. The van der Waals surface area contributed by atoms with Crippen molar-refractivity contribution in [1.29, 1.82) is 0 Å². The molecule has 4 aromatic rings. The highest BCUT2D eigenvalue weighted by molar-refractivity contribution is 6.30. The molecule has 3 aromatic carbocycles. The molecule has 7 heteroatoms. The zero-order valence-corrected chi connectivity index (χ0v) is 17.4. The Labute approximate surface area is 184 Å². The summed E-state index contributed by atoms with van der Waals surface area (Å²) in [6, 6.07) is 23.4. The molecule has 0 saturated carbocycles. The van der Waals surface area contributed by atoms with E-state index in [1.54, 1.807) is 41.1 Å². The predicted octanol–water partition coefficient (Wildman–Crippen LogP) is 4.94. The molecule has 154 valence electrons. The highest BCUT2D eigenvalue weighted by atomic mass is 35.5. The number of hydrogen-bond acceptors (Lipinski definition) is 5. The number of aryl methyl sites for hydroxylation is 1. The Morgan fingerprint density at radius 3 is 2.35 bits per heavy atom. The van der Waals surface area contributed by atoms with Gasteiger partial charge in [0.2, 0.25) is 0 Å². The molecule has 0 amide bonds. The minimum atomic E-state index is -0.778. The van der Waals surface area contributed by atoms with Crippen LogP contribution < -0.4 is 0 Å². The molecule has 0 radical (unpaired) electrons. The third kappa shape index (κ3) is 4.54. The molecule has 0 saturated heterocycles. The van der Waals surface area contributed by atoms with Crippen molar-refractivity contribution >= 4 is 23.4 Å². The number of benzene rings is 3. The van der Waals surface area contributed by atoms with Gasteiger partial charge in [-0.1, -0.05) is 78.3 Å². The van der Waals surface area contributed by atoms with Gasteiger partial charge in [-0.3, -0.25) is 4.79 Å². The molecule has 0 atom stereocenters. The number of ether oxygens (including phenoxy) is 1. The number of hydrogen-bond donors (Lipinski definition) is 0. The Kier molecular flexibility index (Phi) is 5.91. The maximum atomic E-state index is 12.6. The van der Waals surface area contributed by atoms with E-state index in [0.717, 1.165) is 11.1 Å². The van der Waals surface area contributed by atoms with Gasteiger partial charge >= 0.3 is 5.97 Å². The van der Waals surface area contributed by atoms with E-state index < -0.39 is 12.6 Å². The number of carbonyl (C=O) groups excluding carboxylic acids is 2. The highest BCUT2D eigenvalue weighted by Gasteiger charge is 2.22. The van der Waals surface area contributed by atoms with Gasteiger partial charge < -0.3 is 4.74 Å². The number of ketones is 1. The van der Waals surface area contributed by atoms with Gasteiger partial charge in [0.25, 0.3) is 5.82 Å². The average Bonchev–Trinajstić information content (AvgIpc) is 3.25. The molecule has 0 unspecified atom stereocenters. The van der Waals surface area contributed by atoms with Gasteiger partial charge in [-0.15, -0.1) is 5.10 Å². The Balaban J connectivity index is 1.66. The van der Waals surface area contributed by atoms with Crippen LogP contribution in [-0.2, 0) is 4.74 Å². The molecular weight excluding hydrogens is 414 g/mol. The van der Waals surface area contributed by atoms with Crippen molar-refractivity contribution in [1.82, 2.24) is 14.8 Å². The standard InChI is InChI=1S/C24H18ClN3O3/c1-16-12-13-19(25)14-20(16)28-23(18-10-6-3-7-11-18)26-22(27-28)24(30)31-15-21(29)17-8-4-2-5-9-17/h2-14H,15H2,1H3. The molecule has 6 nitrogen and oxygen atoms in total. The van der Waals surface area contributed by atoms with Crippen LogP contribution in [0.1, 0.15) is 26.5 Å². The topological polar surface area (TPSA) is 74.1 Å². The van der Waals surface area contributed by atoms with Crippen molar-refractivity contribution in [2.75, 3.05) is 6.61 Å². The van der Waals surface area contributed by atoms with Crippen molar-refractivity contribution in [2.45, 2.75) is 6.92 Å². The minimum Gasteiger partial charge on any atom is -0.451 e. The van der Waals surface area contributed by atoms with E-state index in [4.69, 9.17) is 16.3 Å². The van der Waals surface area contributed by atoms with Gasteiger partial charge in [0, 0.05) is 16.1 Å². The van der Waals surface area contributed by atoms with Crippen LogP contribution in [0, 0.1) is 6.92 Å². The molecule has 0 aliphatic rings. The van der Waals surface area contributed by atoms with Crippen molar-refractivity contribution in [3.05, 3.63) is 101 Å². The number of esters is 1. The SMILES string of the molecule is Cc1ccc(Cl)cc1-n1nc(C(=O)OCC(=O)c2ccccc2)nc1-c1ccccc1. The highest BCUT2D eigenvalue weighted by Crippen LogP contribution is 2.25. The molecule has 0 bridgehead atoms. The molecule has 1 heterocycles. The largest absolute Gasteiger partial charge is 0.451 e. The molecule has 4 rings (SSSR count). The lowest BCUT2D eigenvalue weighted by Gasteiger charge is -2.09. The van der Waals surface area contributed by atoms with Crippen LogP contribution in [-0.4, -0.2) is 33.1 Å². The molecular formula is C24H18ClN3O3. The van der Waals surface area contributed by atoms with Crippen molar-refractivity contribution < 1.29 is 14.3 Å². The molecule has 0 spiro atoms. The second-order valence-corrected chi connectivity index (χ2v) is 7.27. The van der Waals surface area contributed by atoms with Crippen LogP contribution in [0.2, 0.25) is 5.02 Å². The first-order valence-electron chi connectivity index (χ1n) is 9.57. The van der Waals surface area contributed by atoms with E-state index in [1.165, 1.54) is 0 Å². The summed E-state index contributed by atoms with van der Waals surface area (Å²) in [5, 5.41) is 4.91. The van der Waals surface area contributed by atoms with Crippen LogP contribution in [0.4, 0.5) is 0 Å². The normalized spacial score (nSPS) is 10.6. The van der Waals surface area contributed by atoms with Crippen LogP contribution in [0.5, 0.6) is 0 Å². The molecule has 1 aromatic heterocycles. The summed E-state index contributed by atoms with van der Waals surface area (Å²) in [6.07, 6.45) is 0. The quantitative estimate of drug-likeness (QED) is 0.319. The van der Waals surface area contributed by atoms with E-state index in [2.05, 4.69) is 10.1 Å². The van der Waals surface area contributed by atoms with E-state index >= 15 is 0 Å². The zero-order chi connectivity index (χ0) is 21.8. The third-order valence-electron chi connectivity index (χ3n) is 4.65. The minimum absolute atomic E-state index is 0.140. The van der Waals surface area contributed by atoms with Gasteiger partial charge in [0.15, 0.2) is 18.2 Å². The fourth-order valence-electron chi connectivity index (χ4n) is 3.05. The van der Waals surface area contributed by atoms with Crippen molar-refractivity contribution in [2.24, 2.45) is 0 Å². The summed E-state index contributed by atoms with van der Waals surface area (Å²) >= 11 is 6.19. The van der Waals surface area contributed by atoms with Crippen LogP contribution in [0.3, 0.4) is 0 Å². The van der Waals surface area contributed by atoms with E-state index in [-0.39, 0.29) is 11.6 Å². The Hall–Kier alpha value is -3.77. The first kappa shape index (κ1) is 20.5. The van der Waals surface area contributed by atoms with Crippen molar-refractivity contribution in [3.8, 4) is 17.1 Å². The summed E-state index contributed by atoms with van der Waals surface area (Å²) in [5.74, 6) is -0.756. The average molecular weight is 432 g/mol. The number of halogens is 1. The smallest absolute Gasteiger partial charge is 0.378 e. The molecule has 0 aliphatic heterocycles. The lowest BCUT2D eigenvalue weighted by Crippen LogP contribution is -2.15. The second kappa shape index (κ2) is 8.93.